The molecule has 0 rings (SSSR count). The van der Waals surface area contributed by atoms with Crippen LogP contribution in [0.3, 0.4) is 0 Å². The molecule has 0 radical (unpaired) electrons. The molecule has 1 nitrogen and oxygen atoms in total. The van der Waals surface area contributed by atoms with Gasteiger partial charge in [-0.2, -0.15) is 0 Å². The van der Waals surface area contributed by atoms with E-state index in [1.54, 1.807) is 0 Å². The highest BCUT2D eigenvalue weighted by atomic mass is 28.3. The third-order valence-electron chi connectivity index (χ3n) is 2.83. The van der Waals surface area contributed by atoms with Gasteiger partial charge in [-0.25, -0.2) is 0 Å². The Morgan fingerprint density at radius 1 is 0.933 bits per heavy atom. The van der Waals surface area contributed by atoms with Crippen molar-refractivity contribution >= 4 is 16.3 Å². The summed E-state index contributed by atoms with van der Waals surface area (Å²) in [7, 11) is -2.15. The molecule has 0 unspecified atom stereocenters. The fourth-order valence-corrected chi connectivity index (χ4v) is 5.44. The maximum Gasteiger partial charge on any atom is 0.146 e. The lowest BCUT2D eigenvalue weighted by molar-refractivity contribution is 0.473. The molecule has 15 heavy (non-hydrogen) atoms. The second-order valence-electron chi connectivity index (χ2n) is 5.99. The molecule has 0 saturated heterocycles. The maximum atomic E-state index is 2.63. The fourth-order valence-electron chi connectivity index (χ4n) is 1.84. The normalized spacial score (nSPS) is 14.1. The Balaban J connectivity index is 4.35. The highest BCUT2D eigenvalue weighted by Gasteiger charge is 2.23. The predicted octanol–water partition coefficient (Wildman–Crippen LogP) is 3.97. The second-order valence-corrected chi connectivity index (χ2v) is 15.8. The molecule has 0 aliphatic rings. The van der Waals surface area contributed by atoms with Crippen molar-refractivity contribution in [2.75, 3.05) is 13.1 Å². The lowest BCUT2D eigenvalue weighted by Gasteiger charge is -2.32. The van der Waals surface area contributed by atoms with Gasteiger partial charge < -0.3 is 4.57 Å². The Kier molecular flexibility index (Phi) is 6.07. The van der Waals surface area contributed by atoms with E-state index >= 15 is 0 Å². The summed E-state index contributed by atoms with van der Waals surface area (Å²) in [5.74, 6) is 0. The van der Waals surface area contributed by atoms with Crippen LogP contribution in [-0.2, 0) is 0 Å². The van der Waals surface area contributed by atoms with Gasteiger partial charge in [0.25, 0.3) is 0 Å². The predicted molar refractivity (Wildman–Crippen MR) is 77.7 cm³/mol. The number of hydrogen-bond acceptors (Lipinski definition) is 1. The van der Waals surface area contributed by atoms with Crippen LogP contribution in [0.1, 0.15) is 13.8 Å². The fraction of sp³-hybridized carbons (Fsp3) is 0.833. The van der Waals surface area contributed by atoms with E-state index in [1.807, 2.05) is 0 Å². The Labute approximate surface area is 98.7 Å². The first-order valence-electron chi connectivity index (χ1n) is 6.15. The molecule has 0 aromatic carbocycles. The second kappa shape index (κ2) is 6.01. The molecule has 0 aromatic rings. The van der Waals surface area contributed by atoms with Crippen molar-refractivity contribution in [3.63, 3.8) is 0 Å². The van der Waals surface area contributed by atoms with Crippen molar-refractivity contribution in [1.82, 2.24) is 4.57 Å². The van der Waals surface area contributed by atoms with Gasteiger partial charge in [-0.05, 0) is 19.1 Å². The standard InChI is InChI=1S/C12H29NSi2/c1-8-13(9-2)15(6,7)12-10-11-14(3,4)5/h10,12H,8-9,11H2,1-7H3/b12-10+. The molecule has 0 amide bonds. The van der Waals surface area contributed by atoms with E-state index in [2.05, 4.69) is 62.9 Å². The van der Waals surface area contributed by atoms with Crippen LogP contribution in [-0.4, -0.2) is 34.0 Å². The lowest BCUT2D eigenvalue weighted by atomic mass is 10.7. The average Bonchev–Trinajstić information content (AvgIpc) is 2.02. The summed E-state index contributed by atoms with van der Waals surface area (Å²) >= 11 is 0. The van der Waals surface area contributed by atoms with Crippen LogP contribution in [0.25, 0.3) is 0 Å². The smallest absolute Gasteiger partial charge is 0.146 e. The molecule has 3 heteroatoms. The molecular weight excluding hydrogens is 214 g/mol. The molecule has 0 bridgehead atoms. The largest absolute Gasteiger partial charge is 0.321 e. The van der Waals surface area contributed by atoms with Crippen LogP contribution in [0.4, 0.5) is 0 Å². The zero-order chi connectivity index (χ0) is 12.1. The zero-order valence-electron chi connectivity index (χ0n) is 11.7. The summed E-state index contributed by atoms with van der Waals surface area (Å²) < 4.78 is 2.63. The molecule has 0 spiro atoms. The minimum absolute atomic E-state index is 0.895. The zero-order valence-corrected chi connectivity index (χ0v) is 13.7. The van der Waals surface area contributed by atoms with Crippen LogP contribution in [0.15, 0.2) is 11.8 Å². The first-order chi connectivity index (χ1) is 6.73. The molecule has 0 aromatic heterocycles. The first kappa shape index (κ1) is 15.1. The van der Waals surface area contributed by atoms with Gasteiger partial charge in [0.1, 0.15) is 8.24 Å². The molecular formula is C12H29NSi2. The van der Waals surface area contributed by atoms with Gasteiger partial charge in [-0.1, -0.05) is 58.4 Å². The molecule has 0 saturated carbocycles. The number of nitrogens with zero attached hydrogens (tertiary/aromatic N) is 1. The lowest BCUT2D eigenvalue weighted by Crippen LogP contribution is -2.47. The third kappa shape index (κ3) is 6.33. The van der Waals surface area contributed by atoms with Gasteiger partial charge in [0.2, 0.25) is 0 Å². The highest BCUT2D eigenvalue weighted by molar-refractivity contribution is 6.80. The van der Waals surface area contributed by atoms with Crippen LogP contribution < -0.4 is 0 Å². The summed E-state index contributed by atoms with van der Waals surface area (Å²) in [5.41, 5.74) is 2.53. The summed E-state index contributed by atoms with van der Waals surface area (Å²) in [6.45, 7) is 19.1. The SMILES string of the molecule is CCN(CC)[Si](C)(C)/C=C/C[Si](C)(C)C. The van der Waals surface area contributed by atoms with Gasteiger partial charge in [0, 0.05) is 8.07 Å². The van der Waals surface area contributed by atoms with Crippen LogP contribution in [0.5, 0.6) is 0 Å². The van der Waals surface area contributed by atoms with E-state index in [1.165, 1.54) is 19.1 Å². The minimum Gasteiger partial charge on any atom is -0.321 e. The molecule has 0 aliphatic heterocycles. The minimum atomic E-state index is -1.26. The molecule has 90 valence electrons. The summed E-state index contributed by atoms with van der Waals surface area (Å²) in [5, 5.41) is 0. The Bertz CT molecular complexity index is 200. The van der Waals surface area contributed by atoms with Gasteiger partial charge >= 0.3 is 0 Å². The molecule has 0 heterocycles. The van der Waals surface area contributed by atoms with Crippen molar-refractivity contribution in [3.8, 4) is 0 Å². The number of allylic oxidation sites excluding steroid dienone is 1. The van der Waals surface area contributed by atoms with Gasteiger partial charge in [-0.15, -0.1) is 0 Å². The molecule has 0 aliphatic carbocycles. The quantitative estimate of drug-likeness (QED) is 0.638. The van der Waals surface area contributed by atoms with E-state index in [0.717, 1.165) is 0 Å². The Morgan fingerprint density at radius 2 is 1.40 bits per heavy atom. The van der Waals surface area contributed by atoms with E-state index in [-0.39, 0.29) is 0 Å². The van der Waals surface area contributed by atoms with Crippen molar-refractivity contribution in [2.45, 2.75) is 52.6 Å². The summed E-state index contributed by atoms with van der Waals surface area (Å²) in [4.78, 5) is 0. The van der Waals surface area contributed by atoms with Crippen molar-refractivity contribution in [2.24, 2.45) is 0 Å². The average molecular weight is 244 g/mol. The van der Waals surface area contributed by atoms with Crippen molar-refractivity contribution in [3.05, 3.63) is 11.8 Å². The molecule has 0 N–H and O–H groups in total. The van der Waals surface area contributed by atoms with E-state index in [4.69, 9.17) is 0 Å². The van der Waals surface area contributed by atoms with Crippen LogP contribution in [0.2, 0.25) is 38.8 Å². The topological polar surface area (TPSA) is 3.24 Å². The van der Waals surface area contributed by atoms with Crippen molar-refractivity contribution in [1.29, 1.82) is 0 Å². The molecule has 0 atom stereocenters. The number of rotatable bonds is 6. The summed E-state index contributed by atoms with van der Waals surface area (Å²) in [6.07, 6.45) is 2.46. The van der Waals surface area contributed by atoms with Crippen LogP contribution in [0, 0.1) is 0 Å². The summed E-state index contributed by atoms with van der Waals surface area (Å²) in [6, 6.07) is 1.32. The Morgan fingerprint density at radius 3 is 1.73 bits per heavy atom. The highest BCUT2D eigenvalue weighted by Crippen LogP contribution is 2.14. The third-order valence-corrected chi connectivity index (χ3v) is 7.61. The monoisotopic (exact) mass is 243 g/mol. The maximum absolute atomic E-state index is 2.63. The first-order valence-corrected chi connectivity index (χ1v) is 12.9. The van der Waals surface area contributed by atoms with Crippen molar-refractivity contribution < 1.29 is 0 Å². The van der Waals surface area contributed by atoms with Gasteiger partial charge in [0.15, 0.2) is 0 Å². The van der Waals surface area contributed by atoms with Gasteiger partial charge in [0.05, 0.1) is 0 Å². The number of hydrogen-bond donors (Lipinski definition) is 0. The Hall–Kier alpha value is 0.134. The van der Waals surface area contributed by atoms with E-state index in [9.17, 15) is 0 Å². The molecule has 0 fully saturated rings. The van der Waals surface area contributed by atoms with Crippen LogP contribution >= 0.6 is 0 Å². The van der Waals surface area contributed by atoms with Gasteiger partial charge in [-0.3, -0.25) is 0 Å². The van der Waals surface area contributed by atoms with E-state index < -0.39 is 16.3 Å². The van der Waals surface area contributed by atoms with E-state index in [0.29, 0.717) is 0 Å².